The Balaban J connectivity index is 1.45. The van der Waals surface area contributed by atoms with Crippen LogP contribution in [0.3, 0.4) is 0 Å². The van der Waals surface area contributed by atoms with Crippen molar-refractivity contribution in [2.75, 3.05) is 31.5 Å². The van der Waals surface area contributed by atoms with Gasteiger partial charge in [0.2, 0.25) is 15.9 Å². The molecule has 178 valence electrons. The Morgan fingerprint density at radius 3 is 2.53 bits per heavy atom. The van der Waals surface area contributed by atoms with Crippen molar-refractivity contribution in [3.63, 3.8) is 0 Å². The molecule has 0 aliphatic carbocycles. The maximum atomic E-state index is 13.4. The molecule has 2 heterocycles. The summed E-state index contributed by atoms with van der Waals surface area (Å²) in [5.74, 6) is -0.390. The first kappa shape index (κ1) is 23.7. The van der Waals surface area contributed by atoms with E-state index in [2.05, 4.69) is 10.3 Å². The van der Waals surface area contributed by atoms with Crippen LogP contribution in [0.1, 0.15) is 12.5 Å². The van der Waals surface area contributed by atoms with Gasteiger partial charge in [-0.15, -0.1) is 0 Å². The van der Waals surface area contributed by atoms with Gasteiger partial charge in [-0.05, 0) is 37.6 Å². The van der Waals surface area contributed by atoms with E-state index < -0.39 is 21.0 Å². The summed E-state index contributed by atoms with van der Waals surface area (Å²) in [5, 5.41) is 14.6. The van der Waals surface area contributed by atoms with Crippen molar-refractivity contribution in [2.24, 2.45) is 0 Å². The van der Waals surface area contributed by atoms with Gasteiger partial charge in [0.25, 0.3) is 5.69 Å². The minimum absolute atomic E-state index is 0.129. The second-order valence-corrected chi connectivity index (χ2v) is 10.1. The minimum Gasteiger partial charge on any atom is -0.319 e. The molecule has 4 rings (SSSR count). The Morgan fingerprint density at radius 2 is 1.82 bits per heavy atom. The van der Waals surface area contributed by atoms with Gasteiger partial charge in [0.05, 0.1) is 16.5 Å². The van der Waals surface area contributed by atoms with Crippen molar-refractivity contribution in [3.8, 4) is 0 Å². The maximum Gasteiger partial charge on any atom is 0.292 e. The predicted octanol–water partition coefficient (Wildman–Crippen LogP) is 2.78. The smallest absolute Gasteiger partial charge is 0.292 e. The Morgan fingerprint density at radius 1 is 1.12 bits per heavy atom. The van der Waals surface area contributed by atoms with Crippen LogP contribution in [0.15, 0.2) is 59.6 Å². The lowest BCUT2D eigenvalue weighted by atomic mass is 10.2. The number of benzene rings is 2. The number of fused-ring (bicyclic) bond motifs is 1. The number of rotatable bonds is 6. The first-order chi connectivity index (χ1) is 16.2. The first-order valence-electron chi connectivity index (χ1n) is 10.8. The summed E-state index contributed by atoms with van der Waals surface area (Å²) in [6, 6.07) is 12.4. The number of nitrogens with one attached hydrogen (secondary N) is 1. The monoisotopic (exact) mass is 483 g/mol. The van der Waals surface area contributed by atoms with Crippen LogP contribution in [0.4, 0.5) is 11.4 Å². The molecule has 1 saturated heterocycles. The zero-order chi connectivity index (χ0) is 24.5. The number of nitro groups is 1. The largest absolute Gasteiger partial charge is 0.319 e. The fourth-order valence-electron chi connectivity index (χ4n) is 4.06. The van der Waals surface area contributed by atoms with E-state index in [0.717, 1.165) is 10.9 Å². The normalized spacial score (nSPS) is 16.3. The number of nitro benzene ring substituents is 1. The van der Waals surface area contributed by atoms with Crippen LogP contribution >= 0.6 is 0 Å². The summed E-state index contributed by atoms with van der Waals surface area (Å²) in [7, 11) is -3.77. The topological polar surface area (TPSA) is 126 Å². The zero-order valence-corrected chi connectivity index (χ0v) is 19.7. The van der Waals surface area contributed by atoms with Crippen LogP contribution in [0.25, 0.3) is 10.9 Å². The third-order valence-corrected chi connectivity index (χ3v) is 7.92. The van der Waals surface area contributed by atoms with E-state index in [1.807, 2.05) is 24.0 Å². The number of para-hydroxylation sites is 3. The second-order valence-electron chi connectivity index (χ2n) is 8.22. The summed E-state index contributed by atoms with van der Waals surface area (Å²) in [4.78, 5) is 29.8. The van der Waals surface area contributed by atoms with E-state index in [4.69, 9.17) is 0 Å². The number of anilines is 1. The Hall–Kier alpha value is -3.41. The average Bonchev–Trinajstić information content (AvgIpc) is 2.83. The summed E-state index contributed by atoms with van der Waals surface area (Å²) >= 11 is 0. The molecule has 2 aromatic carbocycles. The molecule has 0 saturated carbocycles. The molecule has 3 aromatic rings. The molecule has 1 aliphatic rings. The second kappa shape index (κ2) is 9.45. The number of nitrogens with zero attached hydrogens (tertiary/aromatic N) is 4. The molecule has 0 bridgehead atoms. The van der Waals surface area contributed by atoms with Crippen LogP contribution in [0.5, 0.6) is 0 Å². The Labute approximate surface area is 197 Å². The van der Waals surface area contributed by atoms with Crippen LogP contribution in [0.2, 0.25) is 0 Å². The number of pyridine rings is 1. The van der Waals surface area contributed by atoms with Gasteiger partial charge in [0, 0.05) is 43.8 Å². The van der Waals surface area contributed by atoms with Crippen LogP contribution < -0.4 is 5.32 Å². The summed E-state index contributed by atoms with van der Waals surface area (Å²) in [6.45, 7) is 4.73. The van der Waals surface area contributed by atoms with Gasteiger partial charge in [-0.1, -0.05) is 24.3 Å². The van der Waals surface area contributed by atoms with E-state index >= 15 is 0 Å². The summed E-state index contributed by atoms with van der Waals surface area (Å²) < 4.78 is 28.1. The molecule has 11 heteroatoms. The van der Waals surface area contributed by atoms with Gasteiger partial charge in [0.1, 0.15) is 10.6 Å². The number of hydrogen-bond donors (Lipinski definition) is 1. The lowest BCUT2D eigenvalue weighted by Crippen LogP contribution is -2.53. The number of hydrogen-bond acceptors (Lipinski definition) is 7. The first-order valence-corrected chi connectivity index (χ1v) is 12.3. The Bertz CT molecular complexity index is 1350. The average molecular weight is 484 g/mol. The van der Waals surface area contributed by atoms with Gasteiger partial charge in [-0.2, -0.15) is 4.31 Å². The van der Waals surface area contributed by atoms with Crippen LogP contribution in [-0.2, 0) is 14.8 Å². The van der Waals surface area contributed by atoms with Crippen LogP contribution in [0, 0.1) is 17.0 Å². The molecule has 1 N–H and O–H groups in total. The standard InChI is InChI=1S/C23H25N5O5S/c1-16-14-18-6-5-9-21(22(18)24-15-16)34(32,33)27-12-10-26(11-13-27)17(2)23(29)25-19-7-3-4-8-20(19)28(30)31/h3-9,14-15,17H,10-13H2,1-2H3,(H,25,29). The fraction of sp³-hybridized carbons (Fsp3) is 0.304. The van der Waals surface area contributed by atoms with Crippen molar-refractivity contribution in [2.45, 2.75) is 24.8 Å². The number of sulfonamides is 1. The highest BCUT2D eigenvalue weighted by Crippen LogP contribution is 2.27. The molecule has 1 fully saturated rings. The lowest BCUT2D eigenvalue weighted by Gasteiger charge is -2.36. The van der Waals surface area contributed by atoms with Crippen molar-refractivity contribution in [1.82, 2.24) is 14.2 Å². The molecular formula is C23H25N5O5S. The van der Waals surface area contributed by atoms with E-state index in [-0.39, 0.29) is 35.3 Å². The number of piperazine rings is 1. The highest BCUT2D eigenvalue weighted by molar-refractivity contribution is 7.89. The third kappa shape index (κ3) is 4.63. The lowest BCUT2D eigenvalue weighted by molar-refractivity contribution is -0.383. The van der Waals surface area contributed by atoms with Crippen molar-refractivity contribution < 1.29 is 18.1 Å². The maximum absolute atomic E-state index is 13.4. The Kier molecular flexibility index (Phi) is 6.60. The molecule has 1 aliphatic heterocycles. The molecule has 10 nitrogen and oxygen atoms in total. The number of aromatic nitrogens is 1. The van der Waals surface area contributed by atoms with Crippen molar-refractivity contribution in [3.05, 3.63) is 70.4 Å². The third-order valence-electron chi connectivity index (χ3n) is 5.99. The zero-order valence-electron chi connectivity index (χ0n) is 18.8. The van der Waals surface area contributed by atoms with Crippen LogP contribution in [-0.4, -0.2) is 65.7 Å². The van der Waals surface area contributed by atoms with E-state index in [1.165, 1.54) is 22.5 Å². The highest BCUT2D eigenvalue weighted by Gasteiger charge is 2.33. The number of aryl methyl sites for hydroxylation is 1. The van der Waals surface area contributed by atoms with Gasteiger partial charge < -0.3 is 5.32 Å². The van der Waals surface area contributed by atoms with Crippen molar-refractivity contribution >= 4 is 38.2 Å². The molecular weight excluding hydrogens is 458 g/mol. The van der Waals surface area contributed by atoms with Gasteiger partial charge in [-0.25, -0.2) is 8.42 Å². The quantitative estimate of drug-likeness (QED) is 0.422. The summed E-state index contributed by atoms with van der Waals surface area (Å²) in [5.41, 5.74) is 1.33. The highest BCUT2D eigenvalue weighted by atomic mass is 32.2. The molecule has 34 heavy (non-hydrogen) atoms. The van der Waals surface area contributed by atoms with Crippen molar-refractivity contribution in [1.29, 1.82) is 0 Å². The van der Waals surface area contributed by atoms with E-state index in [9.17, 15) is 23.3 Å². The van der Waals surface area contributed by atoms with Gasteiger partial charge in [0.15, 0.2) is 0 Å². The number of carbonyl (C=O) groups is 1. The molecule has 0 spiro atoms. The molecule has 1 aromatic heterocycles. The molecule has 0 radical (unpaired) electrons. The van der Waals surface area contributed by atoms with Gasteiger partial charge in [-0.3, -0.25) is 24.8 Å². The predicted molar refractivity (Wildman–Crippen MR) is 128 cm³/mol. The fourth-order valence-corrected chi connectivity index (χ4v) is 5.65. The SMILES string of the molecule is Cc1cnc2c(S(=O)(=O)N3CCN(C(C)C(=O)Nc4ccccc4[N+](=O)[O-])CC3)cccc2c1. The molecule has 1 atom stereocenters. The molecule has 1 unspecified atom stereocenters. The summed E-state index contributed by atoms with van der Waals surface area (Å²) in [6.07, 6.45) is 1.65. The number of amides is 1. The van der Waals surface area contributed by atoms with Gasteiger partial charge >= 0.3 is 0 Å². The number of carbonyl (C=O) groups excluding carboxylic acids is 1. The molecule has 1 amide bonds. The minimum atomic E-state index is -3.77. The van der Waals surface area contributed by atoms with E-state index in [0.29, 0.717) is 18.6 Å². The van der Waals surface area contributed by atoms with E-state index in [1.54, 1.807) is 31.3 Å².